The first-order valence-electron chi connectivity index (χ1n) is 9.71. The first-order valence-corrected chi connectivity index (χ1v) is 9.71. The number of carbonyl (C=O) groups excluding carboxylic acids is 2. The van der Waals surface area contributed by atoms with Crippen molar-refractivity contribution in [2.75, 3.05) is 0 Å². The molecule has 0 bridgehead atoms. The van der Waals surface area contributed by atoms with Gasteiger partial charge in [0.2, 0.25) is 0 Å². The normalized spacial score (nSPS) is 24.5. The van der Waals surface area contributed by atoms with Crippen LogP contribution in [0.4, 0.5) is 0 Å². The van der Waals surface area contributed by atoms with Gasteiger partial charge in [-0.3, -0.25) is 9.59 Å². The van der Waals surface area contributed by atoms with Gasteiger partial charge in [0.1, 0.15) is 11.7 Å². The van der Waals surface area contributed by atoms with Gasteiger partial charge in [-0.1, -0.05) is 40.0 Å². The van der Waals surface area contributed by atoms with Crippen LogP contribution in [-0.4, -0.2) is 23.6 Å². The fraction of sp³-hybridized carbons (Fsp3) is 0.900. The summed E-state index contributed by atoms with van der Waals surface area (Å²) in [7, 11) is 0. The topological polar surface area (TPSA) is 52.6 Å². The van der Waals surface area contributed by atoms with Crippen LogP contribution in [0.25, 0.3) is 0 Å². The molecule has 0 amide bonds. The first-order chi connectivity index (χ1) is 11.3. The highest BCUT2D eigenvalue weighted by atomic mass is 16.6. The lowest BCUT2D eigenvalue weighted by atomic mass is 9.73. The minimum absolute atomic E-state index is 0.0739. The highest BCUT2D eigenvalue weighted by Crippen LogP contribution is 2.39. The molecule has 0 aromatic rings. The molecule has 0 aliphatic heterocycles. The van der Waals surface area contributed by atoms with Crippen LogP contribution in [0.2, 0.25) is 0 Å². The monoisotopic (exact) mass is 340 g/mol. The molecule has 1 aliphatic rings. The van der Waals surface area contributed by atoms with E-state index < -0.39 is 5.60 Å². The summed E-state index contributed by atoms with van der Waals surface area (Å²) >= 11 is 0. The van der Waals surface area contributed by atoms with Gasteiger partial charge in [0.25, 0.3) is 0 Å². The van der Waals surface area contributed by atoms with Crippen LogP contribution in [0.1, 0.15) is 92.4 Å². The maximum Gasteiger partial charge on any atom is 0.306 e. The molecule has 0 spiro atoms. The summed E-state index contributed by atoms with van der Waals surface area (Å²) in [6.07, 6.45) is 7.35. The van der Waals surface area contributed by atoms with Crippen LogP contribution < -0.4 is 0 Å². The van der Waals surface area contributed by atoms with E-state index in [9.17, 15) is 9.59 Å². The van der Waals surface area contributed by atoms with E-state index in [0.29, 0.717) is 18.8 Å². The predicted molar refractivity (Wildman–Crippen MR) is 95.6 cm³/mol. The lowest BCUT2D eigenvalue weighted by molar-refractivity contribution is -0.178. The molecule has 140 valence electrons. The fourth-order valence-electron chi connectivity index (χ4n) is 3.54. The summed E-state index contributed by atoms with van der Waals surface area (Å²) in [5, 5.41) is 0. The van der Waals surface area contributed by atoms with Crippen molar-refractivity contribution in [1.82, 2.24) is 0 Å². The number of unbranched alkanes of at least 4 members (excludes halogenated alkanes) is 2. The standard InChI is InChI=1S/C20H36O4/c1-6-8-10-18(21)23-17-14-15(3)12-13-16(17)20(4,5)24-19(22)11-9-7-2/h15-17H,6-14H2,1-5H3. The highest BCUT2D eigenvalue weighted by molar-refractivity contribution is 5.70. The average Bonchev–Trinajstić information content (AvgIpc) is 2.50. The molecule has 0 aromatic carbocycles. The molecule has 3 atom stereocenters. The highest BCUT2D eigenvalue weighted by Gasteiger charge is 2.43. The van der Waals surface area contributed by atoms with Crippen LogP contribution in [0, 0.1) is 11.8 Å². The van der Waals surface area contributed by atoms with Crippen LogP contribution in [0.3, 0.4) is 0 Å². The van der Waals surface area contributed by atoms with Gasteiger partial charge in [-0.2, -0.15) is 0 Å². The lowest BCUT2D eigenvalue weighted by Crippen LogP contribution is -2.47. The molecule has 1 saturated carbocycles. The van der Waals surface area contributed by atoms with Gasteiger partial charge in [-0.05, 0) is 45.4 Å². The molecular weight excluding hydrogens is 304 g/mol. The van der Waals surface area contributed by atoms with E-state index in [1.165, 1.54) is 0 Å². The number of esters is 2. The Kier molecular flexibility index (Phi) is 8.79. The second-order valence-electron chi connectivity index (χ2n) is 7.84. The van der Waals surface area contributed by atoms with Gasteiger partial charge in [-0.15, -0.1) is 0 Å². The van der Waals surface area contributed by atoms with Crippen molar-refractivity contribution in [2.24, 2.45) is 11.8 Å². The Morgan fingerprint density at radius 3 is 2.17 bits per heavy atom. The van der Waals surface area contributed by atoms with Crippen molar-refractivity contribution in [3.63, 3.8) is 0 Å². The number of hydrogen-bond acceptors (Lipinski definition) is 4. The van der Waals surface area contributed by atoms with E-state index in [-0.39, 0.29) is 24.0 Å². The van der Waals surface area contributed by atoms with Crippen molar-refractivity contribution < 1.29 is 19.1 Å². The Morgan fingerprint density at radius 1 is 1.00 bits per heavy atom. The molecule has 4 nitrogen and oxygen atoms in total. The van der Waals surface area contributed by atoms with Crippen LogP contribution in [0.15, 0.2) is 0 Å². The Balaban J connectivity index is 2.71. The van der Waals surface area contributed by atoms with Gasteiger partial charge < -0.3 is 9.47 Å². The molecule has 0 saturated heterocycles. The van der Waals surface area contributed by atoms with Crippen molar-refractivity contribution in [3.05, 3.63) is 0 Å². The number of rotatable bonds is 9. The number of hydrogen-bond donors (Lipinski definition) is 0. The third-order valence-electron chi connectivity index (χ3n) is 5.08. The van der Waals surface area contributed by atoms with Gasteiger partial charge >= 0.3 is 11.9 Å². The van der Waals surface area contributed by atoms with Crippen molar-refractivity contribution in [1.29, 1.82) is 0 Å². The summed E-state index contributed by atoms with van der Waals surface area (Å²) in [5.41, 5.74) is -0.597. The van der Waals surface area contributed by atoms with Gasteiger partial charge in [0.15, 0.2) is 0 Å². The lowest BCUT2D eigenvalue weighted by Gasteiger charge is -2.42. The fourth-order valence-corrected chi connectivity index (χ4v) is 3.54. The Bertz CT molecular complexity index is 402. The SMILES string of the molecule is CCCCC(=O)OC1CC(C)CCC1C(C)(C)OC(=O)CCCC. The van der Waals surface area contributed by atoms with E-state index in [2.05, 4.69) is 20.8 Å². The smallest absolute Gasteiger partial charge is 0.306 e. The Labute approximate surface area is 147 Å². The third kappa shape index (κ3) is 6.82. The Hall–Kier alpha value is -1.06. The molecule has 0 N–H and O–H groups in total. The van der Waals surface area contributed by atoms with Crippen LogP contribution >= 0.6 is 0 Å². The van der Waals surface area contributed by atoms with E-state index in [0.717, 1.165) is 44.9 Å². The summed E-state index contributed by atoms with van der Waals surface area (Å²) in [5.74, 6) is 0.354. The maximum atomic E-state index is 12.1. The number of carbonyl (C=O) groups is 2. The quantitative estimate of drug-likeness (QED) is 0.552. The van der Waals surface area contributed by atoms with Crippen LogP contribution in [0.5, 0.6) is 0 Å². The minimum atomic E-state index is -0.597. The zero-order valence-electron chi connectivity index (χ0n) is 16.2. The first kappa shape index (κ1) is 21.0. The average molecular weight is 341 g/mol. The zero-order chi connectivity index (χ0) is 18.2. The van der Waals surface area contributed by atoms with Gasteiger partial charge in [0, 0.05) is 18.8 Å². The molecule has 1 fully saturated rings. The summed E-state index contributed by atoms with van der Waals surface area (Å²) in [6, 6.07) is 0. The van der Waals surface area contributed by atoms with Crippen molar-refractivity contribution in [2.45, 2.75) is 104 Å². The van der Waals surface area contributed by atoms with Gasteiger partial charge in [0.05, 0.1) is 0 Å². The minimum Gasteiger partial charge on any atom is -0.462 e. The maximum absolute atomic E-state index is 12.1. The second-order valence-corrected chi connectivity index (χ2v) is 7.84. The second kappa shape index (κ2) is 10.0. The molecule has 3 unspecified atom stereocenters. The van der Waals surface area contributed by atoms with E-state index in [1.807, 2.05) is 13.8 Å². The third-order valence-corrected chi connectivity index (χ3v) is 5.08. The zero-order valence-corrected chi connectivity index (χ0v) is 16.2. The van der Waals surface area contributed by atoms with Gasteiger partial charge in [-0.25, -0.2) is 0 Å². The largest absolute Gasteiger partial charge is 0.462 e. The Morgan fingerprint density at radius 2 is 1.58 bits per heavy atom. The van der Waals surface area contributed by atoms with Crippen molar-refractivity contribution in [3.8, 4) is 0 Å². The molecule has 4 heteroatoms. The molecule has 0 heterocycles. The molecule has 1 rings (SSSR count). The molecular formula is C20H36O4. The predicted octanol–water partition coefficient (Wildman–Crippen LogP) is 5.04. The summed E-state index contributed by atoms with van der Waals surface area (Å²) in [4.78, 5) is 24.1. The van der Waals surface area contributed by atoms with E-state index in [4.69, 9.17) is 9.47 Å². The van der Waals surface area contributed by atoms with Crippen molar-refractivity contribution >= 4 is 11.9 Å². The van der Waals surface area contributed by atoms with E-state index in [1.54, 1.807) is 0 Å². The number of ether oxygens (including phenoxy) is 2. The molecule has 0 aromatic heterocycles. The summed E-state index contributed by atoms with van der Waals surface area (Å²) < 4.78 is 11.6. The molecule has 1 aliphatic carbocycles. The summed E-state index contributed by atoms with van der Waals surface area (Å²) in [6.45, 7) is 10.3. The van der Waals surface area contributed by atoms with Crippen LogP contribution in [-0.2, 0) is 19.1 Å². The van der Waals surface area contributed by atoms with E-state index >= 15 is 0 Å². The molecule has 0 radical (unpaired) electrons. The molecule has 24 heavy (non-hydrogen) atoms.